The molecule has 2 fully saturated rings. The molecule has 2 amide bonds. The zero-order valence-corrected chi connectivity index (χ0v) is 13.6. The smallest absolute Gasteiger partial charge is 0.240 e. The van der Waals surface area contributed by atoms with Gasteiger partial charge in [-0.3, -0.25) is 9.59 Å². The largest absolute Gasteiger partial charge is 0.274 e. The fourth-order valence-corrected chi connectivity index (χ4v) is 4.10. The zero-order chi connectivity index (χ0) is 14.2. The van der Waals surface area contributed by atoms with E-state index < -0.39 is 5.41 Å². The van der Waals surface area contributed by atoms with Crippen LogP contribution in [0.3, 0.4) is 0 Å². The molecule has 2 aliphatic rings. The Kier molecular flexibility index (Phi) is 3.84. The lowest BCUT2D eigenvalue weighted by Gasteiger charge is -2.25. The van der Waals surface area contributed by atoms with Gasteiger partial charge in [0.25, 0.3) is 0 Å². The second-order valence-corrected chi connectivity index (χ2v) is 7.02. The van der Waals surface area contributed by atoms with Crippen molar-refractivity contribution < 1.29 is 9.59 Å². The zero-order valence-electron chi connectivity index (χ0n) is 11.4. The first-order valence-electron chi connectivity index (χ1n) is 7.26. The van der Waals surface area contributed by atoms with E-state index in [9.17, 15) is 9.59 Å². The number of benzene rings is 1. The number of rotatable bonds is 1. The van der Waals surface area contributed by atoms with Gasteiger partial charge in [-0.25, -0.2) is 4.90 Å². The van der Waals surface area contributed by atoms with Gasteiger partial charge in [-0.05, 0) is 47.6 Å². The van der Waals surface area contributed by atoms with Crippen LogP contribution in [0.15, 0.2) is 24.3 Å². The maximum atomic E-state index is 12.9. The summed E-state index contributed by atoms with van der Waals surface area (Å²) in [6, 6.07) is 7.62. The van der Waals surface area contributed by atoms with Crippen molar-refractivity contribution in [2.75, 3.05) is 4.90 Å². The number of carbonyl (C=O) groups is 2. The topological polar surface area (TPSA) is 37.4 Å². The Morgan fingerprint density at radius 3 is 2.30 bits per heavy atom. The van der Waals surface area contributed by atoms with Crippen LogP contribution in [0.2, 0.25) is 0 Å². The number of hydrogen-bond donors (Lipinski definition) is 0. The van der Waals surface area contributed by atoms with Gasteiger partial charge in [0.1, 0.15) is 0 Å². The van der Waals surface area contributed by atoms with E-state index in [0.717, 1.165) is 34.9 Å². The number of hydrogen-bond acceptors (Lipinski definition) is 2. The lowest BCUT2D eigenvalue weighted by atomic mass is 9.79. The lowest BCUT2D eigenvalue weighted by molar-refractivity contribution is -0.126. The highest BCUT2D eigenvalue weighted by molar-refractivity contribution is 14.1. The van der Waals surface area contributed by atoms with Gasteiger partial charge < -0.3 is 0 Å². The molecule has 3 nitrogen and oxygen atoms in total. The molecule has 1 aliphatic carbocycles. The fraction of sp³-hybridized carbons (Fsp3) is 0.500. The summed E-state index contributed by atoms with van der Waals surface area (Å²) in [5.74, 6) is 0.00883. The van der Waals surface area contributed by atoms with Crippen LogP contribution >= 0.6 is 22.6 Å². The molecule has 3 rings (SSSR count). The molecular formula is C16H18INO2. The second kappa shape index (κ2) is 5.47. The molecular weight excluding hydrogens is 365 g/mol. The van der Waals surface area contributed by atoms with E-state index in [0.29, 0.717) is 6.42 Å². The van der Waals surface area contributed by atoms with Crippen LogP contribution in [-0.4, -0.2) is 11.8 Å². The SMILES string of the molecule is O=C1CC2(CCCCCC2)C(=O)N1c1ccccc1I. The third kappa shape index (κ3) is 2.28. The third-order valence-corrected chi connectivity index (χ3v) is 5.46. The Bertz CT molecular complexity index is 547. The van der Waals surface area contributed by atoms with Crippen molar-refractivity contribution in [2.45, 2.75) is 44.9 Å². The first kappa shape index (κ1) is 14.0. The molecule has 20 heavy (non-hydrogen) atoms. The number of amides is 2. The molecule has 4 heteroatoms. The van der Waals surface area contributed by atoms with Gasteiger partial charge in [-0.2, -0.15) is 0 Å². The van der Waals surface area contributed by atoms with Crippen molar-refractivity contribution in [2.24, 2.45) is 5.41 Å². The highest BCUT2D eigenvalue weighted by Crippen LogP contribution is 2.46. The van der Waals surface area contributed by atoms with E-state index >= 15 is 0 Å². The van der Waals surface area contributed by atoms with E-state index in [1.54, 1.807) is 0 Å². The molecule has 0 bridgehead atoms. The number of imide groups is 1. The molecule has 1 aromatic carbocycles. The lowest BCUT2D eigenvalue weighted by Crippen LogP contribution is -2.36. The van der Waals surface area contributed by atoms with Crippen LogP contribution in [0.1, 0.15) is 44.9 Å². The molecule has 1 spiro atoms. The molecule has 1 heterocycles. The summed E-state index contributed by atoms with van der Waals surface area (Å²) >= 11 is 2.19. The highest BCUT2D eigenvalue weighted by atomic mass is 127. The van der Waals surface area contributed by atoms with Crippen LogP contribution in [0.5, 0.6) is 0 Å². The van der Waals surface area contributed by atoms with Gasteiger partial charge in [-0.1, -0.05) is 37.8 Å². The van der Waals surface area contributed by atoms with Gasteiger partial charge in [0.15, 0.2) is 0 Å². The van der Waals surface area contributed by atoms with Gasteiger partial charge in [0.05, 0.1) is 11.1 Å². The Hall–Kier alpha value is -0.910. The number of halogens is 1. The maximum Gasteiger partial charge on any atom is 0.240 e. The minimum Gasteiger partial charge on any atom is -0.274 e. The van der Waals surface area contributed by atoms with Crippen molar-refractivity contribution in [3.63, 3.8) is 0 Å². The molecule has 1 saturated carbocycles. The summed E-state index contributed by atoms with van der Waals surface area (Å²) in [5, 5.41) is 0. The van der Waals surface area contributed by atoms with Crippen molar-refractivity contribution in [1.82, 2.24) is 0 Å². The summed E-state index contributed by atoms with van der Waals surface area (Å²) in [6.45, 7) is 0. The molecule has 0 aromatic heterocycles. The highest BCUT2D eigenvalue weighted by Gasteiger charge is 2.51. The van der Waals surface area contributed by atoms with Crippen molar-refractivity contribution >= 4 is 40.1 Å². The standard InChI is InChI=1S/C16H18INO2/c17-12-7-3-4-8-13(12)18-14(19)11-16(15(18)20)9-5-1-2-6-10-16/h3-4,7-8H,1-2,5-6,9-11H2. The summed E-state index contributed by atoms with van der Waals surface area (Å²) < 4.78 is 0.956. The van der Waals surface area contributed by atoms with Gasteiger partial charge in [0, 0.05) is 9.99 Å². The van der Waals surface area contributed by atoms with Crippen LogP contribution < -0.4 is 4.90 Å². The maximum absolute atomic E-state index is 12.9. The molecule has 106 valence electrons. The normalized spacial score (nSPS) is 22.4. The third-order valence-electron chi connectivity index (χ3n) is 4.55. The number of para-hydroxylation sites is 1. The molecule has 0 atom stereocenters. The van der Waals surface area contributed by atoms with Gasteiger partial charge in [0.2, 0.25) is 11.8 Å². The van der Waals surface area contributed by atoms with E-state index in [2.05, 4.69) is 22.6 Å². The molecule has 0 radical (unpaired) electrons. The van der Waals surface area contributed by atoms with Gasteiger partial charge in [-0.15, -0.1) is 0 Å². The number of anilines is 1. The van der Waals surface area contributed by atoms with Gasteiger partial charge >= 0.3 is 0 Å². The fourth-order valence-electron chi connectivity index (χ4n) is 3.47. The number of nitrogens with zero attached hydrogens (tertiary/aromatic N) is 1. The summed E-state index contributed by atoms with van der Waals surface area (Å²) in [7, 11) is 0. The van der Waals surface area contributed by atoms with E-state index in [1.165, 1.54) is 17.7 Å². The molecule has 1 saturated heterocycles. The van der Waals surface area contributed by atoms with Crippen molar-refractivity contribution in [1.29, 1.82) is 0 Å². The van der Waals surface area contributed by atoms with Crippen LogP contribution in [-0.2, 0) is 9.59 Å². The van der Waals surface area contributed by atoms with E-state index in [1.807, 2.05) is 24.3 Å². The predicted octanol–water partition coefficient (Wildman–Crippen LogP) is 3.90. The minimum absolute atomic E-state index is 0.0268. The monoisotopic (exact) mass is 383 g/mol. The van der Waals surface area contributed by atoms with E-state index in [4.69, 9.17) is 0 Å². The first-order chi connectivity index (χ1) is 9.64. The van der Waals surface area contributed by atoms with Crippen LogP contribution in [0.25, 0.3) is 0 Å². The van der Waals surface area contributed by atoms with E-state index in [-0.39, 0.29) is 11.8 Å². The average molecular weight is 383 g/mol. The Labute approximate surface area is 132 Å². The summed E-state index contributed by atoms with van der Waals surface area (Å²) in [5.41, 5.74) is 0.344. The summed E-state index contributed by atoms with van der Waals surface area (Å²) in [4.78, 5) is 26.8. The molecule has 1 aromatic rings. The quantitative estimate of drug-likeness (QED) is 0.545. The molecule has 0 unspecified atom stereocenters. The first-order valence-corrected chi connectivity index (χ1v) is 8.34. The predicted molar refractivity (Wildman–Crippen MR) is 86.4 cm³/mol. The Morgan fingerprint density at radius 1 is 1.00 bits per heavy atom. The Balaban J connectivity index is 1.96. The van der Waals surface area contributed by atoms with Crippen LogP contribution in [0, 0.1) is 8.99 Å². The van der Waals surface area contributed by atoms with Crippen molar-refractivity contribution in [3.05, 3.63) is 27.8 Å². The number of carbonyl (C=O) groups excluding carboxylic acids is 2. The van der Waals surface area contributed by atoms with Crippen molar-refractivity contribution in [3.8, 4) is 0 Å². The average Bonchev–Trinajstić information content (AvgIpc) is 2.60. The summed E-state index contributed by atoms with van der Waals surface area (Å²) in [6.07, 6.45) is 6.65. The Morgan fingerprint density at radius 2 is 1.65 bits per heavy atom. The molecule has 0 N–H and O–H groups in total. The second-order valence-electron chi connectivity index (χ2n) is 5.86. The molecule has 1 aliphatic heterocycles. The minimum atomic E-state index is -0.410. The van der Waals surface area contributed by atoms with Crippen LogP contribution in [0.4, 0.5) is 5.69 Å².